The number of amides is 3. The molecule has 0 bridgehead atoms. The Morgan fingerprint density at radius 3 is 2.23 bits per heavy atom. The van der Waals surface area contributed by atoms with E-state index in [0.29, 0.717) is 21.3 Å². The molecule has 0 aliphatic rings. The highest BCUT2D eigenvalue weighted by Crippen LogP contribution is 2.42. The van der Waals surface area contributed by atoms with Crippen molar-refractivity contribution >= 4 is 56.5 Å². The maximum absolute atomic E-state index is 12.7. The summed E-state index contributed by atoms with van der Waals surface area (Å²) in [6.07, 6.45) is 0. The standard InChI is InChI=1S/C22H20N2O5S/c1-4-29-22(28)20-18(23-21(27)15-9-6-5-7-10-15)16-11-8-12-17(19(16)30-20)24(13(2)25)14(3)26/h5-12H,4H2,1-3H3,(H,23,27). The summed E-state index contributed by atoms with van der Waals surface area (Å²) in [7, 11) is 0. The highest BCUT2D eigenvalue weighted by Gasteiger charge is 2.26. The molecule has 0 unspecified atom stereocenters. The van der Waals surface area contributed by atoms with Gasteiger partial charge in [-0.15, -0.1) is 11.3 Å². The number of thiophene rings is 1. The molecule has 0 fully saturated rings. The molecule has 0 radical (unpaired) electrons. The van der Waals surface area contributed by atoms with Gasteiger partial charge in [0, 0.05) is 24.8 Å². The molecule has 1 heterocycles. The summed E-state index contributed by atoms with van der Waals surface area (Å²) in [6, 6.07) is 13.6. The molecule has 0 aliphatic carbocycles. The van der Waals surface area contributed by atoms with E-state index in [1.165, 1.54) is 13.8 Å². The SMILES string of the molecule is CCOC(=O)c1sc2c(N(C(C)=O)C(C)=O)cccc2c1NC(=O)c1ccccc1. The Balaban J connectivity index is 2.19. The van der Waals surface area contributed by atoms with Crippen LogP contribution in [0.4, 0.5) is 11.4 Å². The third-order valence-corrected chi connectivity index (χ3v) is 5.51. The summed E-state index contributed by atoms with van der Waals surface area (Å²) >= 11 is 1.06. The van der Waals surface area contributed by atoms with E-state index in [2.05, 4.69) is 5.32 Å². The first kappa shape index (κ1) is 21.2. The van der Waals surface area contributed by atoms with Crippen molar-refractivity contribution in [3.8, 4) is 0 Å². The zero-order valence-corrected chi connectivity index (χ0v) is 17.5. The molecule has 0 aliphatic heterocycles. The van der Waals surface area contributed by atoms with Crippen molar-refractivity contribution in [3.05, 3.63) is 59.0 Å². The summed E-state index contributed by atoms with van der Waals surface area (Å²) in [5.41, 5.74) is 1.07. The number of anilines is 2. The number of hydrogen-bond acceptors (Lipinski definition) is 6. The average molecular weight is 424 g/mol. The van der Waals surface area contributed by atoms with Crippen LogP contribution in [-0.2, 0) is 14.3 Å². The number of hydrogen-bond donors (Lipinski definition) is 1. The highest BCUT2D eigenvalue weighted by atomic mass is 32.1. The number of esters is 1. The van der Waals surface area contributed by atoms with Gasteiger partial charge in [-0.2, -0.15) is 0 Å². The van der Waals surface area contributed by atoms with Gasteiger partial charge in [-0.3, -0.25) is 14.4 Å². The molecule has 154 valence electrons. The largest absolute Gasteiger partial charge is 0.462 e. The molecule has 3 amide bonds. The van der Waals surface area contributed by atoms with E-state index < -0.39 is 17.8 Å². The van der Waals surface area contributed by atoms with E-state index in [1.807, 2.05) is 0 Å². The van der Waals surface area contributed by atoms with Crippen molar-refractivity contribution in [1.82, 2.24) is 0 Å². The van der Waals surface area contributed by atoms with Gasteiger partial charge in [0.25, 0.3) is 5.91 Å². The van der Waals surface area contributed by atoms with Crippen LogP contribution in [0.5, 0.6) is 0 Å². The summed E-state index contributed by atoms with van der Waals surface area (Å²) in [5, 5.41) is 3.34. The van der Waals surface area contributed by atoms with Crippen LogP contribution in [0.1, 0.15) is 40.8 Å². The molecule has 0 spiro atoms. The van der Waals surface area contributed by atoms with Crippen LogP contribution in [0.2, 0.25) is 0 Å². The van der Waals surface area contributed by atoms with Gasteiger partial charge in [-0.1, -0.05) is 30.3 Å². The molecule has 8 heteroatoms. The van der Waals surface area contributed by atoms with E-state index in [4.69, 9.17) is 4.74 Å². The molecule has 0 saturated carbocycles. The number of benzene rings is 2. The zero-order valence-electron chi connectivity index (χ0n) is 16.7. The van der Waals surface area contributed by atoms with Crippen LogP contribution in [0.15, 0.2) is 48.5 Å². The number of fused-ring (bicyclic) bond motifs is 1. The van der Waals surface area contributed by atoms with E-state index >= 15 is 0 Å². The number of carbonyl (C=O) groups excluding carboxylic acids is 4. The number of carbonyl (C=O) groups is 4. The zero-order chi connectivity index (χ0) is 21.8. The maximum atomic E-state index is 12.7. The third kappa shape index (κ3) is 4.08. The molecular formula is C22H20N2O5S. The Kier molecular flexibility index (Phi) is 6.27. The number of rotatable bonds is 5. The monoisotopic (exact) mass is 424 g/mol. The molecule has 2 aromatic carbocycles. The molecule has 3 aromatic rings. The normalized spacial score (nSPS) is 10.5. The first-order chi connectivity index (χ1) is 14.3. The smallest absolute Gasteiger partial charge is 0.350 e. The van der Waals surface area contributed by atoms with Gasteiger partial charge in [0.15, 0.2) is 0 Å². The number of imide groups is 1. The summed E-state index contributed by atoms with van der Waals surface area (Å²) in [5.74, 6) is -1.88. The Morgan fingerprint density at radius 1 is 0.967 bits per heavy atom. The van der Waals surface area contributed by atoms with Gasteiger partial charge >= 0.3 is 5.97 Å². The highest BCUT2D eigenvalue weighted by molar-refractivity contribution is 7.22. The lowest BCUT2D eigenvalue weighted by Gasteiger charge is -2.18. The fraction of sp³-hybridized carbons (Fsp3) is 0.182. The molecule has 0 saturated heterocycles. The lowest BCUT2D eigenvalue weighted by atomic mass is 10.1. The van der Waals surface area contributed by atoms with Crippen LogP contribution < -0.4 is 10.2 Å². The molecule has 7 nitrogen and oxygen atoms in total. The fourth-order valence-corrected chi connectivity index (χ4v) is 4.23. The second kappa shape index (κ2) is 8.87. The predicted molar refractivity (Wildman–Crippen MR) is 116 cm³/mol. The summed E-state index contributed by atoms with van der Waals surface area (Å²) in [6.45, 7) is 4.43. The third-order valence-electron chi connectivity index (χ3n) is 4.30. The first-order valence-electron chi connectivity index (χ1n) is 9.25. The molecule has 3 rings (SSSR count). The van der Waals surface area contributed by atoms with Crippen LogP contribution in [-0.4, -0.2) is 30.3 Å². The second-order valence-corrected chi connectivity index (χ2v) is 7.39. The number of ether oxygens (including phenoxy) is 1. The van der Waals surface area contributed by atoms with Gasteiger partial charge in [0.1, 0.15) is 4.88 Å². The van der Waals surface area contributed by atoms with Gasteiger partial charge in [-0.05, 0) is 25.1 Å². The molecule has 1 aromatic heterocycles. The average Bonchev–Trinajstić information content (AvgIpc) is 3.08. The molecule has 30 heavy (non-hydrogen) atoms. The Bertz CT molecular complexity index is 1120. The maximum Gasteiger partial charge on any atom is 0.350 e. The van der Waals surface area contributed by atoms with Gasteiger partial charge in [0.05, 0.1) is 22.7 Å². The lowest BCUT2D eigenvalue weighted by Crippen LogP contribution is -2.33. The minimum absolute atomic E-state index is 0.166. The first-order valence-corrected chi connectivity index (χ1v) is 10.1. The Hall–Kier alpha value is -3.52. The minimum atomic E-state index is -0.592. The summed E-state index contributed by atoms with van der Waals surface area (Å²) < 4.78 is 5.68. The summed E-state index contributed by atoms with van der Waals surface area (Å²) in [4.78, 5) is 50.7. The van der Waals surface area contributed by atoms with Crippen LogP contribution in [0.25, 0.3) is 10.1 Å². The van der Waals surface area contributed by atoms with E-state index in [-0.39, 0.29) is 23.1 Å². The second-order valence-electron chi connectivity index (χ2n) is 6.37. The van der Waals surface area contributed by atoms with Gasteiger partial charge < -0.3 is 10.1 Å². The lowest BCUT2D eigenvalue weighted by molar-refractivity contribution is -0.124. The Labute approximate surface area is 177 Å². The van der Waals surface area contributed by atoms with Crippen LogP contribution in [0.3, 0.4) is 0 Å². The van der Waals surface area contributed by atoms with Gasteiger partial charge in [-0.25, -0.2) is 9.69 Å². The predicted octanol–water partition coefficient (Wildman–Crippen LogP) is 4.23. The molecule has 0 atom stereocenters. The fourth-order valence-electron chi connectivity index (χ4n) is 3.08. The van der Waals surface area contributed by atoms with Crippen molar-refractivity contribution in [2.75, 3.05) is 16.8 Å². The topological polar surface area (TPSA) is 92.8 Å². The van der Waals surface area contributed by atoms with Crippen molar-refractivity contribution in [2.24, 2.45) is 0 Å². The van der Waals surface area contributed by atoms with Crippen molar-refractivity contribution in [3.63, 3.8) is 0 Å². The van der Waals surface area contributed by atoms with E-state index in [9.17, 15) is 19.2 Å². The van der Waals surface area contributed by atoms with Crippen molar-refractivity contribution in [2.45, 2.75) is 20.8 Å². The molecule has 1 N–H and O–H groups in total. The Morgan fingerprint density at radius 2 is 1.63 bits per heavy atom. The van der Waals surface area contributed by atoms with Gasteiger partial charge in [0.2, 0.25) is 11.8 Å². The minimum Gasteiger partial charge on any atom is -0.462 e. The van der Waals surface area contributed by atoms with E-state index in [1.54, 1.807) is 55.5 Å². The van der Waals surface area contributed by atoms with Crippen LogP contribution in [0, 0.1) is 0 Å². The van der Waals surface area contributed by atoms with Crippen LogP contribution >= 0.6 is 11.3 Å². The van der Waals surface area contributed by atoms with Crippen molar-refractivity contribution < 1.29 is 23.9 Å². The quantitative estimate of drug-likeness (QED) is 0.619. The van der Waals surface area contributed by atoms with Crippen molar-refractivity contribution in [1.29, 1.82) is 0 Å². The molecular weight excluding hydrogens is 404 g/mol. The number of nitrogens with one attached hydrogen (secondary N) is 1. The number of nitrogens with zero attached hydrogens (tertiary/aromatic N) is 1. The van der Waals surface area contributed by atoms with E-state index in [0.717, 1.165) is 16.2 Å².